The molecule has 6 heteroatoms. The highest BCUT2D eigenvalue weighted by atomic mass is 16.4. The standard InChI is InChI=1S/C21H28N2O4/c1-14-18-16(24)8-5-9-17(18)27-19(14)21(26)23-12-10-22(11-13-23)20(25)15-6-3-2-4-7-15/h15H,2-13H2,1H3. The SMILES string of the molecule is Cc1c(C(=O)N2CCN(C(=O)C3CCCCC3)CC2)oc2c1C(=O)CCC2. The second-order valence-corrected chi connectivity index (χ2v) is 8.08. The molecule has 3 aliphatic rings. The van der Waals surface area contributed by atoms with Gasteiger partial charge < -0.3 is 14.2 Å². The Hall–Kier alpha value is -2.11. The van der Waals surface area contributed by atoms with Gasteiger partial charge in [0.25, 0.3) is 5.91 Å². The van der Waals surface area contributed by atoms with Crippen LogP contribution in [-0.4, -0.2) is 53.6 Å². The van der Waals surface area contributed by atoms with Gasteiger partial charge in [-0.1, -0.05) is 19.3 Å². The van der Waals surface area contributed by atoms with E-state index >= 15 is 0 Å². The van der Waals surface area contributed by atoms with Gasteiger partial charge in [0.05, 0.1) is 5.56 Å². The number of hydrogen-bond donors (Lipinski definition) is 0. The fourth-order valence-electron chi connectivity index (χ4n) is 4.73. The average molecular weight is 372 g/mol. The molecule has 0 atom stereocenters. The van der Waals surface area contributed by atoms with Crippen molar-refractivity contribution in [2.45, 2.75) is 58.3 Å². The molecule has 27 heavy (non-hydrogen) atoms. The Morgan fingerprint density at radius 3 is 2.26 bits per heavy atom. The van der Waals surface area contributed by atoms with Crippen molar-refractivity contribution in [2.24, 2.45) is 5.92 Å². The second kappa shape index (κ2) is 7.49. The first kappa shape index (κ1) is 18.3. The number of carbonyl (C=O) groups excluding carboxylic acids is 3. The number of amides is 2. The maximum atomic E-state index is 12.9. The maximum Gasteiger partial charge on any atom is 0.289 e. The Labute approximate surface area is 159 Å². The van der Waals surface area contributed by atoms with Crippen LogP contribution in [-0.2, 0) is 11.2 Å². The van der Waals surface area contributed by atoms with E-state index in [2.05, 4.69) is 0 Å². The van der Waals surface area contributed by atoms with Crippen molar-refractivity contribution < 1.29 is 18.8 Å². The lowest BCUT2D eigenvalue weighted by molar-refractivity contribution is -0.138. The van der Waals surface area contributed by atoms with E-state index in [9.17, 15) is 14.4 Å². The Balaban J connectivity index is 1.40. The molecule has 0 radical (unpaired) electrons. The van der Waals surface area contributed by atoms with E-state index in [-0.39, 0.29) is 23.5 Å². The number of ketones is 1. The first-order chi connectivity index (χ1) is 13.1. The summed E-state index contributed by atoms with van der Waals surface area (Å²) in [5.74, 6) is 1.34. The molecule has 1 aliphatic heterocycles. The van der Waals surface area contributed by atoms with E-state index in [4.69, 9.17) is 4.42 Å². The smallest absolute Gasteiger partial charge is 0.289 e. The van der Waals surface area contributed by atoms with Crippen molar-refractivity contribution in [1.82, 2.24) is 9.80 Å². The minimum atomic E-state index is -0.153. The van der Waals surface area contributed by atoms with E-state index in [1.165, 1.54) is 6.42 Å². The Kier molecular flexibility index (Phi) is 5.06. The minimum Gasteiger partial charge on any atom is -0.455 e. The summed E-state index contributed by atoms with van der Waals surface area (Å²) in [6.07, 6.45) is 7.58. The highest BCUT2D eigenvalue weighted by molar-refractivity contribution is 6.03. The zero-order valence-corrected chi connectivity index (χ0v) is 16.1. The second-order valence-electron chi connectivity index (χ2n) is 8.08. The van der Waals surface area contributed by atoms with Crippen molar-refractivity contribution in [1.29, 1.82) is 0 Å². The van der Waals surface area contributed by atoms with Gasteiger partial charge in [-0.3, -0.25) is 14.4 Å². The van der Waals surface area contributed by atoms with Crippen molar-refractivity contribution in [3.63, 3.8) is 0 Å². The molecule has 1 saturated carbocycles. The number of rotatable bonds is 2. The van der Waals surface area contributed by atoms with E-state index in [1.807, 2.05) is 11.8 Å². The molecule has 1 aromatic rings. The Morgan fingerprint density at radius 1 is 0.926 bits per heavy atom. The summed E-state index contributed by atoms with van der Waals surface area (Å²) in [7, 11) is 0. The third-order valence-electron chi connectivity index (χ3n) is 6.33. The third kappa shape index (κ3) is 3.42. The van der Waals surface area contributed by atoms with Crippen LogP contribution in [0.25, 0.3) is 0 Å². The van der Waals surface area contributed by atoms with Crippen LogP contribution in [0, 0.1) is 12.8 Å². The molecule has 2 heterocycles. The van der Waals surface area contributed by atoms with Crippen LogP contribution in [0.4, 0.5) is 0 Å². The van der Waals surface area contributed by atoms with Crippen LogP contribution < -0.4 is 0 Å². The third-order valence-corrected chi connectivity index (χ3v) is 6.33. The van der Waals surface area contributed by atoms with Gasteiger partial charge >= 0.3 is 0 Å². The topological polar surface area (TPSA) is 70.8 Å². The number of Topliss-reactive ketones (excluding diaryl/α,β-unsaturated/α-hetero) is 1. The van der Waals surface area contributed by atoms with Crippen LogP contribution in [0.5, 0.6) is 0 Å². The molecule has 146 valence electrons. The minimum absolute atomic E-state index is 0.0828. The van der Waals surface area contributed by atoms with Crippen molar-refractivity contribution in [2.75, 3.05) is 26.2 Å². The molecule has 6 nitrogen and oxygen atoms in total. The predicted octanol–water partition coefficient (Wildman–Crippen LogP) is 2.97. The van der Waals surface area contributed by atoms with Gasteiger partial charge in [-0.15, -0.1) is 0 Å². The molecule has 0 unspecified atom stereocenters. The van der Waals surface area contributed by atoms with Crippen molar-refractivity contribution >= 4 is 17.6 Å². The largest absolute Gasteiger partial charge is 0.455 e. The molecule has 4 rings (SSSR count). The summed E-state index contributed by atoms with van der Waals surface area (Å²) in [5.41, 5.74) is 1.30. The van der Waals surface area contributed by atoms with Crippen molar-refractivity contribution in [3.8, 4) is 0 Å². The van der Waals surface area contributed by atoms with E-state index < -0.39 is 0 Å². The van der Waals surface area contributed by atoms with E-state index in [1.54, 1.807) is 4.90 Å². The molecule has 1 saturated heterocycles. The fourth-order valence-corrected chi connectivity index (χ4v) is 4.73. The molecule has 0 aromatic carbocycles. The van der Waals surface area contributed by atoms with Gasteiger partial charge in [-0.05, 0) is 26.2 Å². The summed E-state index contributed by atoms with van der Waals surface area (Å²) in [6.45, 7) is 4.02. The number of hydrogen-bond acceptors (Lipinski definition) is 4. The molecule has 0 N–H and O–H groups in total. The fraction of sp³-hybridized carbons (Fsp3) is 0.667. The van der Waals surface area contributed by atoms with Crippen LogP contribution in [0.15, 0.2) is 4.42 Å². The van der Waals surface area contributed by atoms with E-state index in [0.717, 1.165) is 38.5 Å². The molecule has 2 aliphatic carbocycles. The van der Waals surface area contributed by atoms with Crippen LogP contribution >= 0.6 is 0 Å². The lowest BCUT2D eigenvalue weighted by Crippen LogP contribution is -2.52. The van der Waals surface area contributed by atoms with Crippen LogP contribution in [0.1, 0.15) is 77.2 Å². The van der Waals surface area contributed by atoms with Gasteiger partial charge in [0, 0.05) is 50.5 Å². The average Bonchev–Trinajstić information content (AvgIpc) is 3.05. The van der Waals surface area contributed by atoms with Gasteiger partial charge in [0.2, 0.25) is 5.91 Å². The highest BCUT2D eigenvalue weighted by Crippen LogP contribution is 2.30. The van der Waals surface area contributed by atoms with Crippen LogP contribution in [0.2, 0.25) is 0 Å². The predicted molar refractivity (Wildman–Crippen MR) is 99.8 cm³/mol. The Morgan fingerprint density at radius 2 is 1.59 bits per heavy atom. The van der Waals surface area contributed by atoms with E-state index in [0.29, 0.717) is 55.2 Å². The van der Waals surface area contributed by atoms with Crippen LogP contribution in [0.3, 0.4) is 0 Å². The molecule has 2 amide bonds. The monoisotopic (exact) mass is 372 g/mol. The maximum absolute atomic E-state index is 12.9. The lowest BCUT2D eigenvalue weighted by atomic mass is 9.88. The number of aryl methyl sites for hydroxylation is 1. The highest BCUT2D eigenvalue weighted by Gasteiger charge is 2.34. The van der Waals surface area contributed by atoms with Gasteiger partial charge in [-0.25, -0.2) is 0 Å². The number of carbonyl (C=O) groups is 3. The zero-order chi connectivity index (χ0) is 19.0. The number of furan rings is 1. The zero-order valence-electron chi connectivity index (χ0n) is 16.1. The van der Waals surface area contributed by atoms with Gasteiger partial charge in [-0.2, -0.15) is 0 Å². The first-order valence-corrected chi connectivity index (χ1v) is 10.3. The summed E-state index contributed by atoms with van der Waals surface area (Å²) in [5, 5.41) is 0. The number of nitrogens with zero attached hydrogens (tertiary/aromatic N) is 2. The van der Waals surface area contributed by atoms with Crippen molar-refractivity contribution in [3.05, 3.63) is 22.6 Å². The molecule has 0 spiro atoms. The molecular formula is C21H28N2O4. The number of fused-ring (bicyclic) bond motifs is 1. The molecule has 0 bridgehead atoms. The van der Waals surface area contributed by atoms with Gasteiger partial charge in [0.15, 0.2) is 11.5 Å². The van der Waals surface area contributed by atoms with Gasteiger partial charge in [0.1, 0.15) is 5.76 Å². The normalized spacial score (nSPS) is 21.3. The summed E-state index contributed by atoms with van der Waals surface area (Å²) in [6, 6.07) is 0. The summed E-state index contributed by atoms with van der Waals surface area (Å²) >= 11 is 0. The molecule has 1 aromatic heterocycles. The quantitative estimate of drug-likeness (QED) is 0.800. The molecular weight excluding hydrogens is 344 g/mol. The molecule has 2 fully saturated rings. The number of piperazine rings is 1. The lowest BCUT2D eigenvalue weighted by Gasteiger charge is -2.36. The first-order valence-electron chi connectivity index (χ1n) is 10.3. The Bertz CT molecular complexity index is 752. The summed E-state index contributed by atoms with van der Waals surface area (Å²) < 4.78 is 5.80. The summed E-state index contributed by atoms with van der Waals surface area (Å²) in [4.78, 5) is 41.5.